The minimum atomic E-state index is -1.10. The van der Waals surface area contributed by atoms with E-state index in [1.165, 1.54) is 6.07 Å². The van der Waals surface area contributed by atoms with Crippen LogP contribution in [0.4, 0.5) is 11.4 Å². The van der Waals surface area contributed by atoms with Crippen molar-refractivity contribution < 1.29 is 14.7 Å². The number of benzene rings is 2. The quantitative estimate of drug-likeness (QED) is 0.742. The van der Waals surface area contributed by atoms with Crippen LogP contribution < -0.4 is 11.1 Å². The van der Waals surface area contributed by atoms with Crippen molar-refractivity contribution in [3.8, 4) is 0 Å². The van der Waals surface area contributed by atoms with Gasteiger partial charge >= 0.3 is 5.97 Å². The second-order valence-electron chi connectivity index (χ2n) is 4.51. The van der Waals surface area contributed by atoms with Gasteiger partial charge in [0.25, 0.3) is 5.91 Å². The number of hydrogen-bond donors (Lipinski definition) is 3. The maximum absolute atomic E-state index is 12.2. The van der Waals surface area contributed by atoms with Gasteiger partial charge in [-0.25, -0.2) is 4.79 Å². The average molecular weight is 349 g/mol. The Kier molecular flexibility index (Phi) is 4.28. The Morgan fingerprint density at radius 1 is 1.19 bits per heavy atom. The molecule has 2 rings (SSSR count). The topological polar surface area (TPSA) is 92.4 Å². The summed E-state index contributed by atoms with van der Waals surface area (Å²) in [5.41, 5.74) is 7.49. The Bertz CT molecular complexity index is 729. The number of para-hydroxylation sites is 1. The lowest BCUT2D eigenvalue weighted by atomic mass is 10.1. The van der Waals surface area contributed by atoms with Crippen LogP contribution in [-0.2, 0) is 0 Å². The Hall–Kier alpha value is -2.34. The molecule has 1 amide bonds. The van der Waals surface area contributed by atoms with E-state index in [2.05, 4.69) is 21.2 Å². The maximum Gasteiger partial charge on any atom is 0.337 e. The van der Waals surface area contributed by atoms with Crippen molar-refractivity contribution in [1.29, 1.82) is 0 Å². The molecule has 108 valence electrons. The van der Waals surface area contributed by atoms with Crippen molar-refractivity contribution in [2.45, 2.75) is 6.92 Å². The van der Waals surface area contributed by atoms with E-state index in [0.29, 0.717) is 10.2 Å². The van der Waals surface area contributed by atoms with Gasteiger partial charge in [0.05, 0.1) is 22.5 Å². The zero-order valence-electron chi connectivity index (χ0n) is 11.2. The van der Waals surface area contributed by atoms with Gasteiger partial charge in [-0.2, -0.15) is 0 Å². The first kappa shape index (κ1) is 15.1. The molecule has 0 atom stereocenters. The number of halogens is 1. The number of carboxylic acids is 1. The molecule has 0 unspecified atom stereocenters. The fourth-order valence-corrected chi connectivity index (χ4v) is 2.23. The number of carbonyl (C=O) groups is 2. The highest BCUT2D eigenvalue weighted by molar-refractivity contribution is 9.10. The van der Waals surface area contributed by atoms with Gasteiger partial charge in [0.2, 0.25) is 0 Å². The minimum Gasteiger partial charge on any atom is -0.478 e. The summed E-state index contributed by atoms with van der Waals surface area (Å²) in [6, 6.07) is 9.77. The number of nitrogens with two attached hydrogens (primary N) is 1. The number of rotatable bonds is 3. The first-order valence-corrected chi connectivity index (χ1v) is 6.88. The Balaban J connectivity index is 2.36. The summed E-state index contributed by atoms with van der Waals surface area (Å²) < 4.78 is 0.609. The number of nitrogen functional groups attached to an aromatic ring is 1. The number of anilines is 2. The predicted octanol–water partition coefficient (Wildman–Crippen LogP) is 3.29. The van der Waals surface area contributed by atoms with Gasteiger partial charge in [-0.05, 0) is 47.1 Å². The molecule has 0 bridgehead atoms. The fraction of sp³-hybridized carbons (Fsp3) is 0.0667. The Morgan fingerprint density at radius 3 is 2.57 bits per heavy atom. The van der Waals surface area contributed by atoms with Crippen molar-refractivity contribution in [1.82, 2.24) is 0 Å². The van der Waals surface area contributed by atoms with E-state index >= 15 is 0 Å². The number of aryl methyl sites for hydroxylation is 1. The second-order valence-corrected chi connectivity index (χ2v) is 5.36. The number of nitrogens with one attached hydrogen (secondary N) is 1. The van der Waals surface area contributed by atoms with Gasteiger partial charge in [-0.3, -0.25) is 4.79 Å². The summed E-state index contributed by atoms with van der Waals surface area (Å²) in [6.07, 6.45) is 0. The van der Waals surface area contributed by atoms with E-state index in [4.69, 9.17) is 5.73 Å². The molecule has 0 aliphatic rings. The van der Waals surface area contributed by atoms with Crippen molar-refractivity contribution >= 4 is 39.2 Å². The first-order valence-electron chi connectivity index (χ1n) is 6.09. The zero-order chi connectivity index (χ0) is 15.6. The zero-order valence-corrected chi connectivity index (χ0v) is 12.8. The Morgan fingerprint density at radius 2 is 1.90 bits per heavy atom. The number of carboxylic acid groups (broad SMARTS) is 1. The third-order valence-electron chi connectivity index (χ3n) is 2.95. The van der Waals surface area contributed by atoms with E-state index in [9.17, 15) is 14.7 Å². The molecular weight excluding hydrogens is 336 g/mol. The van der Waals surface area contributed by atoms with Crippen LogP contribution in [0.15, 0.2) is 40.9 Å². The molecular formula is C15H13BrN2O3. The minimum absolute atomic E-state index is 0.0388. The normalized spacial score (nSPS) is 10.2. The standard InChI is InChI=1S/C15H13BrN2O3/c1-8-5-6-12(10(7-8)15(20)21)18-14(19)9-3-2-4-11(16)13(9)17/h2-7H,17H2,1H3,(H,18,19)(H,20,21). The van der Waals surface area contributed by atoms with Crippen LogP contribution in [0.1, 0.15) is 26.3 Å². The van der Waals surface area contributed by atoms with Crippen LogP contribution in [0.5, 0.6) is 0 Å². The van der Waals surface area contributed by atoms with Crippen molar-refractivity contribution in [2.75, 3.05) is 11.1 Å². The second kappa shape index (κ2) is 5.97. The lowest BCUT2D eigenvalue weighted by molar-refractivity contribution is 0.0698. The molecule has 5 nitrogen and oxygen atoms in total. The van der Waals surface area contributed by atoms with E-state index in [0.717, 1.165) is 5.56 Å². The molecule has 0 aromatic heterocycles. The van der Waals surface area contributed by atoms with Gasteiger partial charge in [0, 0.05) is 4.47 Å². The summed E-state index contributed by atoms with van der Waals surface area (Å²) in [5, 5.41) is 11.8. The van der Waals surface area contributed by atoms with Crippen LogP contribution in [0.3, 0.4) is 0 Å². The molecule has 0 saturated carbocycles. The predicted molar refractivity (Wildman–Crippen MR) is 84.6 cm³/mol. The first-order chi connectivity index (χ1) is 9.90. The highest BCUT2D eigenvalue weighted by Gasteiger charge is 2.16. The molecule has 0 aliphatic heterocycles. The average Bonchev–Trinajstić information content (AvgIpc) is 2.43. The number of amides is 1. The molecule has 21 heavy (non-hydrogen) atoms. The number of hydrogen-bond acceptors (Lipinski definition) is 3. The van der Waals surface area contributed by atoms with E-state index in [1.807, 2.05) is 0 Å². The van der Waals surface area contributed by atoms with Crippen LogP contribution in [0.2, 0.25) is 0 Å². The summed E-state index contributed by atoms with van der Waals surface area (Å²) >= 11 is 3.25. The highest BCUT2D eigenvalue weighted by atomic mass is 79.9. The van der Waals surface area contributed by atoms with Gasteiger partial charge in [-0.1, -0.05) is 17.7 Å². The molecule has 4 N–H and O–H groups in total. The molecule has 0 aliphatic carbocycles. The molecule has 0 heterocycles. The van der Waals surface area contributed by atoms with E-state index in [1.54, 1.807) is 37.3 Å². The van der Waals surface area contributed by atoms with Crippen molar-refractivity contribution in [3.63, 3.8) is 0 Å². The molecule has 6 heteroatoms. The van der Waals surface area contributed by atoms with Gasteiger partial charge < -0.3 is 16.2 Å². The molecule has 0 spiro atoms. The van der Waals surface area contributed by atoms with Gasteiger partial charge in [0.15, 0.2) is 0 Å². The number of carbonyl (C=O) groups excluding carboxylic acids is 1. The summed E-state index contributed by atoms with van der Waals surface area (Å²) in [7, 11) is 0. The molecule has 0 saturated heterocycles. The summed E-state index contributed by atoms with van der Waals surface area (Å²) in [4.78, 5) is 23.5. The van der Waals surface area contributed by atoms with Gasteiger partial charge in [0.1, 0.15) is 0 Å². The largest absolute Gasteiger partial charge is 0.478 e. The smallest absolute Gasteiger partial charge is 0.337 e. The highest BCUT2D eigenvalue weighted by Crippen LogP contribution is 2.25. The SMILES string of the molecule is Cc1ccc(NC(=O)c2cccc(Br)c2N)c(C(=O)O)c1. The fourth-order valence-electron chi connectivity index (χ4n) is 1.87. The van der Waals surface area contributed by atoms with Crippen LogP contribution >= 0.6 is 15.9 Å². The maximum atomic E-state index is 12.2. The third-order valence-corrected chi connectivity index (χ3v) is 3.64. The van der Waals surface area contributed by atoms with Crippen molar-refractivity contribution in [2.24, 2.45) is 0 Å². The van der Waals surface area contributed by atoms with Crippen LogP contribution in [0, 0.1) is 6.92 Å². The molecule has 0 fully saturated rings. The summed E-state index contributed by atoms with van der Waals surface area (Å²) in [6.45, 7) is 1.78. The number of aromatic carboxylic acids is 1. The van der Waals surface area contributed by atoms with Crippen LogP contribution in [-0.4, -0.2) is 17.0 Å². The van der Waals surface area contributed by atoms with E-state index in [-0.39, 0.29) is 16.8 Å². The molecule has 2 aromatic carbocycles. The molecule has 2 aromatic rings. The summed E-state index contributed by atoms with van der Waals surface area (Å²) in [5.74, 6) is -1.56. The third kappa shape index (κ3) is 3.22. The van der Waals surface area contributed by atoms with E-state index < -0.39 is 11.9 Å². The van der Waals surface area contributed by atoms with Crippen molar-refractivity contribution in [3.05, 3.63) is 57.6 Å². The van der Waals surface area contributed by atoms with Crippen LogP contribution in [0.25, 0.3) is 0 Å². The monoisotopic (exact) mass is 348 g/mol. The Labute approximate surface area is 129 Å². The lowest BCUT2D eigenvalue weighted by Crippen LogP contribution is -2.16. The molecule has 0 radical (unpaired) electrons. The van der Waals surface area contributed by atoms with Gasteiger partial charge in [-0.15, -0.1) is 0 Å². The lowest BCUT2D eigenvalue weighted by Gasteiger charge is -2.11.